The average Bonchev–Trinajstić information content (AvgIpc) is 2.56. The van der Waals surface area contributed by atoms with Gasteiger partial charge in [0.05, 0.1) is 0 Å². The molecular formula is C16H17N3O3S. The summed E-state index contributed by atoms with van der Waals surface area (Å²) in [5.41, 5.74) is 7.51. The Hall–Kier alpha value is -2.51. The molecule has 7 heteroatoms. The number of guanidine groups is 1. The first-order chi connectivity index (χ1) is 11.2. The van der Waals surface area contributed by atoms with E-state index >= 15 is 0 Å². The van der Waals surface area contributed by atoms with Crippen molar-refractivity contribution in [3.63, 3.8) is 0 Å². The fourth-order valence-corrected chi connectivity index (χ4v) is 1.88. The van der Waals surface area contributed by atoms with Gasteiger partial charge in [-0.15, -0.1) is 5.06 Å². The van der Waals surface area contributed by atoms with Crippen LogP contribution in [0, 0.1) is 0 Å². The van der Waals surface area contributed by atoms with Crippen molar-refractivity contribution < 1.29 is 14.5 Å². The molecule has 0 bridgehead atoms. The van der Waals surface area contributed by atoms with Crippen molar-refractivity contribution in [2.24, 2.45) is 10.9 Å². The fourth-order valence-electron chi connectivity index (χ4n) is 1.72. The van der Waals surface area contributed by atoms with Crippen molar-refractivity contribution in [2.75, 3.05) is 0 Å². The first kappa shape index (κ1) is 16.9. The molecule has 2 rings (SSSR count). The zero-order chi connectivity index (χ0) is 16.5. The van der Waals surface area contributed by atoms with Crippen molar-refractivity contribution >= 4 is 23.8 Å². The van der Waals surface area contributed by atoms with Gasteiger partial charge in [0, 0.05) is 0 Å². The molecule has 23 heavy (non-hydrogen) atoms. The maximum absolute atomic E-state index is 11.5. The van der Waals surface area contributed by atoms with Gasteiger partial charge in [-0.1, -0.05) is 73.3 Å². The molecular weight excluding hydrogens is 314 g/mol. The van der Waals surface area contributed by atoms with Crippen LogP contribution >= 0.6 is 12.6 Å². The minimum absolute atomic E-state index is 0.155. The second-order valence-electron chi connectivity index (χ2n) is 4.54. The zero-order valence-electron chi connectivity index (χ0n) is 12.3. The van der Waals surface area contributed by atoms with Crippen molar-refractivity contribution in [2.45, 2.75) is 13.2 Å². The molecule has 0 fully saturated rings. The van der Waals surface area contributed by atoms with E-state index in [9.17, 15) is 4.79 Å². The van der Waals surface area contributed by atoms with Gasteiger partial charge in [0.1, 0.15) is 13.2 Å². The summed E-state index contributed by atoms with van der Waals surface area (Å²) >= 11 is 3.72. The molecule has 0 aliphatic carbocycles. The number of thiol groups is 1. The quantitative estimate of drug-likeness (QED) is 0.369. The van der Waals surface area contributed by atoms with Crippen LogP contribution in [-0.2, 0) is 22.9 Å². The standard InChI is InChI=1S/C16H17N3O3S/c17-15(18-21-11-13-7-3-1-4-8-13)19(16(20)23)22-12-14-9-5-2-6-10-14/h1-10H,11-12H2,(H2,17,18)(H,20,23). The van der Waals surface area contributed by atoms with Crippen LogP contribution in [-0.4, -0.2) is 16.3 Å². The molecule has 120 valence electrons. The lowest BCUT2D eigenvalue weighted by Crippen LogP contribution is -2.39. The van der Waals surface area contributed by atoms with Crippen LogP contribution in [0.3, 0.4) is 0 Å². The minimum atomic E-state index is -0.689. The van der Waals surface area contributed by atoms with Crippen LogP contribution in [0.5, 0.6) is 0 Å². The molecule has 0 aliphatic heterocycles. The van der Waals surface area contributed by atoms with E-state index in [2.05, 4.69) is 17.8 Å². The fraction of sp³-hybridized carbons (Fsp3) is 0.125. The molecule has 0 aliphatic rings. The van der Waals surface area contributed by atoms with Crippen LogP contribution in [0.15, 0.2) is 65.8 Å². The predicted molar refractivity (Wildman–Crippen MR) is 90.3 cm³/mol. The van der Waals surface area contributed by atoms with E-state index in [-0.39, 0.29) is 19.2 Å². The van der Waals surface area contributed by atoms with Crippen molar-refractivity contribution in [1.82, 2.24) is 5.06 Å². The lowest BCUT2D eigenvalue weighted by atomic mass is 10.2. The molecule has 1 amide bonds. The summed E-state index contributed by atoms with van der Waals surface area (Å²) < 4.78 is 0. The SMILES string of the molecule is NC(=NOCc1ccccc1)N(OCc1ccccc1)C(=O)S. The summed E-state index contributed by atoms with van der Waals surface area (Å²) in [7, 11) is 0. The Morgan fingerprint density at radius 1 is 1.00 bits per heavy atom. The van der Waals surface area contributed by atoms with Gasteiger partial charge >= 0.3 is 5.24 Å². The monoisotopic (exact) mass is 331 g/mol. The largest absolute Gasteiger partial charge is 0.388 e. The molecule has 0 unspecified atom stereocenters. The van der Waals surface area contributed by atoms with Gasteiger partial charge in [-0.25, -0.2) is 0 Å². The van der Waals surface area contributed by atoms with Crippen molar-refractivity contribution in [3.05, 3.63) is 71.8 Å². The Morgan fingerprint density at radius 2 is 1.52 bits per heavy atom. The Morgan fingerprint density at radius 3 is 2.04 bits per heavy atom. The van der Waals surface area contributed by atoms with Gasteiger partial charge in [0.15, 0.2) is 0 Å². The van der Waals surface area contributed by atoms with Gasteiger partial charge in [0.2, 0.25) is 0 Å². The lowest BCUT2D eigenvalue weighted by molar-refractivity contribution is -0.0692. The van der Waals surface area contributed by atoms with E-state index in [0.29, 0.717) is 0 Å². The van der Waals surface area contributed by atoms with Gasteiger partial charge in [-0.2, -0.15) is 0 Å². The summed E-state index contributed by atoms with van der Waals surface area (Å²) in [5, 5.41) is 3.77. The maximum atomic E-state index is 11.5. The molecule has 2 N–H and O–H groups in total. The van der Waals surface area contributed by atoms with E-state index in [0.717, 1.165) is 16.2 Å². The van der Waals surface area contributed by atoms with E-state index < -0.39 is 5.24 Å². The highest BCUT2D eigenvalue weighted by molar-refractivity contribution is 7.96. The second-order valence-corrected chi connectivity index (χ2v) is 4.93. The number of carbonyl (C=O) groups is 1. The van der Waals surface area contributed by atoms with Crippen LogP contribution in [0.2, 0.25) is 0 Å². The number of nitrogens with zero attached hydrogens (tertiary/aromatic N) is 2. The van der Waals surface area contributed by atoms with E-state index in [1.54, 1.807) is 0 Å². The molecule has 0 heterocycles. The average molecular weight is 331 g/mol. The van der Waals surface area contributed by atoms with E-state index in [1.807, 2.05) is 60.7 Å². The van der Waals surface area contributed by atoms with Gasteiger partial charge in [0.25, 0.3) is 5.96 Å². The molecule has 0 atom stereocenters. The van der Waals surface area contributed by atoms with Crippen LogP contribution in [0.25, 0.3) is 0 Å². The summed E-state index contributed by atoms with van der Waals surface area (Å²) in [6.45, 7) is 0.386. The minimum Gasteiger partial charge on any atom is -0.388 e. The first-order valence-corrected chi connectivity index (χ1v) is 7.31. The third kappa shape index (κ3) is 5.65. The maximum Gasteiger partial charge on any atom is 0.309 e. The molecule has 0 aromatic heterocycles. The number of benzene rings is 2. The Labute approximate surface area is 139 Å². The highest BCUT2D eigenvalue weighted by Crippen LogP contribution is 2.06. The normalized spacial score (nSPS) is 11.1. The summed E-state index contributed by atoms with van der Waals surface area (Å²) in [6, 6.07) is 18.8. The molecule has 2 aromatic rings. The van der Waals surface area contributed by atoms with Crippen LogP contribution < -0.4 is 5.73 Å². The topological polar surface area (TPSA) is 77.2 Å². The van der Waals surface area contributed by atoms with Gasteiger partial charge in [-0.05, 0) is 16.3 Å². The number of rotatable bonds is 6. The third-order valence-corrected chi connectivity index (χ3v) is 3.00. The second kappa shape index (κ2) is 8.82. The number of amides is 1. The zero-order valence-corrected chi connectivity index (χ0v) is 13.2. The Bertz CT molecular complexity index is 650. The van der Waals surface area contributed by atoms with Crippen molar-refractivity contribution in [1.29, 1.82) is 0 Å². The molecule has 0 saturated carbocycles. The lowest BCUT2D eigenvalue weighted by Gasteiger charge is -2.17. The molecule has 0 radical (unpaired) electrons. The van der Waals surface area contributed by atoms with Crippen LogP contribution in [0.4, 0.5) is 4.79 Å². The van der Waals surface area contributed by atoms with Crippen LogP contribution in [0.1, 0.15) is 11.1 Å². The summed E-state index contributed by atoms with van der Waals surface area (Å²) in [4.78, 5) is 21.9. The predicted octanol–water partition coefficient (Wildman–Crippen LogP) is 2.92. The number of hydroxylamine groups is 2. The van der Waals surface area contributed by atoms with Gasteiger partial charge < -0.3 is 10.6 Å². The smallest absolute Gasteiger partial charge is 0.309 e. The number of hydrogen-bond acceptors (Lipinski definition) is 4. The summed E-state index contributed by atoms with van der Waals surface area (Å²) in [6.07, 6.45) is 0. The first-order valence-electron chi connectivity index (χ1n) is 6.86. The third-order valence-electron chi connectivity index (χ3n) is 2.82. The van der Waals surface area contributed by atoms with E-state index in [4.69, 9.17) is 15.4 Å². The highest BCUT2D eigenvalue weighted by atomic mass is 32.1. The number of carbonyl (C=O) groups excluding carboxylic acids is 1. The van der Waals surface area contributed by atoms with Gasteiger partial charge in [-0.3, -0.25) is 9.63 Å². The molecule has 6 nitrogen and oxygen atoms in total. The number of hydrogen-bond donors (Lipinski definition) is 2. The molecule has 0 spiro atoms. The molecule has 0 saturated heterocycles. The van der Waals surface area contributed by atoms with E-state index in [1.165, 1.54) is 0 Å². The summed E-state index contributed by atoms with van der Waals surface area (Å²) in [5.74, 6) is -0.225. The Balaban J connectivity index is 1.91. The van der Waals surface area contributed by atoms with Crippen molar-refractivity contribution in [3.8, 4) is 0 Å². The highest BCUT2D eigenvalue weighted by Gasteiger charge is 2.16. The Kier molecular flexibility index (Phi) is 6.46. The number of oxime groups is 1. The number of nitrogens with two attached hydrogens (primary N) is 1. The molecule has 2 aromatic carbocycles.